The lowest BCUT2D eigenvalue weighted by Crippen LogP contribution is -2.25. The molecule has 136 valence electrons. The standard InChI is InChI=1S/C20H19N5O2/c26-18(9-8-14-13-23-16-6-2-1-5-15(14)16)22-12-10-19-24-20(25-27-19)17-7-3-4-11-21-17/h1-7,11,13,23H,8-10,12H2,(H,22,26). The Morgan fingerprint density at radius 1 is 1.11 bits per heavy atom. The van der Waals surface area contributed by atoms with Crippen LogP contribution in [-0.4, -0.2) is 32.6 Å². The molecule has 3 aromatic heterocycles. The molecule has 0 bridgehead atoms. The van der Waals surface area contributed by atoms with E-state index in [9.17, 15) is 4.79 Å². The molecule has 0 aliphatic carbocycles. The number of carbonyl (C=O) groups is 1. The minimum Gasteiger partial charge on any atom is -0.361 e. The average Bonchev–Trinajstić information content (AvgIpc) is 3.34. The van der Waals surface area contributed by atoms with E-state index in [4.69, 9.17) is 4.52 Å². The van der Waals surface area contributed by atoms with Crippen molar-refractivity contribution >= 4 is 16.8 Å². The van der Waals surface area contributed by atoms with Crippen molar-refractivity contribution in [1.82, 2.24) is 25.4 Å². The predicted molar refractivity (Wildman–Crippen MR) is 101 cm³/mol. The van der Waals surface area contributed by atoms with Gasteiger partial charge in [-0.2, -0.15) is 4.98 Å². The number of aryl methyl sites for hydroxylation is 1. The third kappa shape index (κ3) is 4.03. The number of rotatable bonds is 7. The number of carbonyl (C=O) groups excluding carboxylic acids is 1. The lowest BCUT2D eigenvalue weighted by Gasteiger charge is -2.03. The first-order valence-corrected chi connectivity index (χ1v) is 8.85. The molecule has 0 atom stereocenters. The number of fused-ring (bicyclic) bond motifs is 1. The van der Waals surface area contributed by atoms with Crippen LogP contribution in [0.5, 0.6) is 0 Å². The predicted octanol–water partition coefficient (Wildman–Crippen LogP) is 2.90. The molecule has 0 unspecified atom stereocenters. The Labute approximate surface area is 155 Å². The van der Waals surface area contributed by atoms with E-state index in [1.807, 2.05) is 42.6 Å². The van der Waals surface area contributed by atoms with Crippen molar-refractivity contribution in [3.05, 3.63) is 66.3 Å². The molecule has 0 spiro atoms. The summed E-state index contributed by atoms with van der Waals surface area (Å²) in [5.41, 5.74) is 2.90. The molecule has 0 aliphatic heterocycles. The Morgan fingerprint density at radius 3 is 2.89 bits per heavy atom. The SMILES string of the molecule is O=C(CCc1c[nH]c2ccccc12)NCCc1nc(-c2ccccn2)no1. The molecule has 0 radical (unpaired) electrons. The molecule has 0 aliphatic rings. The average molecular weight is 361 g/mol. The van der Waals surface area contributed by atoms with Crippen molar-refractivity contribution in [2.75, 3.05) is 6.54 Å². The molecule has 1 amide bonds. The molecular formula is C20H19N5O2. The minimum atomic E-state index is 0.00439. The van der Waals surface area contributed by atoms with E-state index < -0.39 is 0 Å². The van der Waals surface area contributed by atoms with Gasteiger partial charge in [0.15, 0.2) is 0 Å². The van der Waals surface area contributed by atoms with Crippen molar-refractivity contribution in [2.45, 2.75) is 19.3 Å². The van der Waals surface area contributed by atoms with Gasteiger partial charge < -0.3 is 14.8 Å². The summed E-state index contributed by atoms with van der Waals surface area (Å²) in [6, 6.07) is 13.6. The lowest BCUT2D eigenvalue weighted by atomic mass is 10.1. The highest BCUT2D eigenvalue weighted by molar-refractivity contribution is 5.84. The quantitative estimate of drug-likeness (QED) is 0.527. The van der Waals surface area contributed by atoms with E-state index in [2.05, 4.69) is 31.5 Å². The van der Waals surface area contributed by atoms with Gasteiger partial charge in [0, 0.05) is 42.7 Å². The first-order chi connectivity index (χ1) is 13.3. The van der Waals surface area contributed by atoms with Gasteiger partial charge in [-0.3, -0.25) is 9.78 Å². The number of amides is 1. The van der Waals surface area contributed by atoms with Crippen molar-refractivity contribution in [1.29, 1.82) is 0 Å². The molecule has 1 aromatic carbocycles. The molecule has 4 aromatic rings. The van der Waals surface area contributed by atoms with Gasteiger partial charge in [-0.15, -0.1) is 0 Å². The Kier molecular flexibility index (Phi) is 4.91. The molecule has 7 heteroatoms. The summed E-state index contributed by atoms with van der Waals surface area (Å²) in [5, 5.41) is 7.98. The fourth-order valence-corrected chi connectivity index (χ4v) is 2.94. The summed E-state index contributed by atoms with van der Waals surface area (Å²) in [6.07, 6.45) is 5.26. The summed E-state index contributed by atoms with van der Waals surface area (Å²) < 4.78 is 5.21. The molecule has 4 rings (SSSR count). The van der Waals surface area contributed by atoms with Crippen LogP contribution in [0.25, 0.3) is 22.4 Å². The monoisotopic (exact) mass is 361 g/mol. The maximum atomic E-state index is 12.1. The molecule has 0 saturated heterocycles. The molecular weight excluding hydrogens is 342 g/mol. The summed E-state index contributed by atoms with van der Waals surface area (Å²) in [5.74, 6) is 0.939. The molecule has 27 heavy (non-hydrogen) atoms. The first kappa shape index (κ1) is 17.0. The van der Waals surface area contributed by atoms with Crippen LogP contribution in [0.4, 0.5) is 0 Å². The number of hydrogen-bond acceptors (Lipinski definition) is 5. The normalized spacial score (nSPS) is 11.0. The number of H-pyrrole nitrogens is 1. The Morgan fingerprint density at radius 2 is 2.00 bits per heavy atom. The largest absolute Gasteiger partial charge is 0.361 e. The second kappa shape index (κ2) is 7.82. The maximum absolute atomic E-state index is 12.1. The number of nitrogens with one attached hydrogen (secondary N) is 2. The van der Waals surface area contributed by atoms with E-state index in [1.54, 1.807) is 6.20 Å². The van der Waals surface area contributed by atoms with Crippen molar-refractivity contribution in [3.8, 4) is 11.5 Å². The third-order valence-corrected chi connectivity index (χ3v) is 4.32. The van der Waals surface area contributed by atoms with E-state index in [-0.39, 0.29) is 5.91 Å². The van der Waals surface area contributed by atoms with E-state index in [1.165, 1.54) is 5.39 Å². The zero-order chi connectivity index (χ0) is 18.5. The second-order valence-corrected chi connectivity index (χ2v) is 6.19. The van der Waals surface area contributed by atoms with Gasteiger partial charge in [0.2, 0.25) is 17.6 Å². The van der Waals surface area contributed by atoms with Gasteiger partial charge >= 0.3 is 0 Å². The summed E-state index contributed by atoms with van der Waals surface area (Å²) in [7, 11) is 0. The zero-order valence-corrected chi connectivity index (χ0v) is 14.7. The van der Waals surface area contributed by atoms with Gasteiger partial charge in [0.25, 0.3) is 0 Å². The maximum Gasteiger partial charge on any atom is 0.228 e. The van der Waals surface area contributed by atoms with Crippen LogP contribution in [0.3, 0.4) is 0 Å². The fraction of sp³-hybridized carbons (Fsp3) is 0.200. The zero-order valence-electron chi connectivity index (χ0n) is 14.7. The number of pyridine rings is 1. The van der Waals surface area contributed by atoms with Gasteiger partial charge in [-0.25, -0.2) is 0 Å². The van der Waals surface area contributed by atoms with Gasteiger partial charge in [0.05, 0.1) is 0 Å². The van der Waals surface area contributed by atoms with Crippen LogP contribution in [0.15, 0.2) is 59.4 Å². The first-order valence-electron chi connectivity index (χ1n) is 8.85. The number of nitrogens with zero attached hydrogens (tertiary/aromatic N) is 3. The van der Waals surface area contributed by atoms with Crippen molar-refractivity contribution < 1.29 is 9.32 Å². The summed E-state index contributed by atoms with van der Waals surface area (Å²) in [4.78, 5) is 23.8. The summed E-state index contributed by atoms with van der Waals surface area (Å²) >= 11 is 0. The molecule has 3 heterocycles. The molecule has 0 fully saturated rings. The van der Waals surface area contributed by atoms with Gasteiger partial charge in [-0.1, -0.05) is 29.4 Å². The molecule has 2 N–H and O–H groups in total. The number of hydrogen-bond donors (Lipinski definition) is 2. The number of benzene rings is 1. The number of para-hydroxylation sites is 1. The van der Waals surface area contributed by atoms with Crippen LogP contribution >= 0.6 is 0 Å². The second-order valence-electron chi connectivity index (χ2n) is 6.19. The van der Waals surface area contributed by atoms with E-state index in [0.29, 0.717) is 43.2 Å². The molecule has 7 nitrogen and oxygen atoms in total. The highest BCUT2D eigenvalue weighted by atomic mass is 16.5. The van der Waals surface area contributed by atoms with Crippen LogP contribution in [-0.2, 0) is 17.6 Å². The van der Waals surface area contributed by atoms with E-state index in [0.717, 1.165) is 11.1 Å². The summed E-state index contributed by atoms with van der Waals surface area (Å²) in [6.45, 7) is 0.455. The minimum absolute atomic E-state index is 0.00439. The highest BCUT2D eigenvalue weighted by Crippen LogP contribution is 2.18. The lowest BCUT2D eigenvalue weighted by molar-refractivity contribution is -0.121. The topological polar surface area (TPSA) is 96.7 Å². The van der Waals surface area contributed by atoms with Crippen LogP contribution in [0.1, 0.15) is 17.9 Å². The molecule has 0 saturated carbocycles. The van der Waals surface area contributed by atoms with Gasteiger partial charge in [-0.05, 0) is 30.2 Å². The Balaban J connectivity index is 1.25. The van der Waals surface area contributed by atoms with Crippen LogP contribution in [0, 0.1) is 0 Å². The highest BCUT2D eigenvalue weighted by Gasteiger charge is 2.10. The fourth-order valence-electron chi connectivity index (χ4n) is 2.94. The third-order valence-electron chi connectivity index (χ3n) is 4.32. The van der Waals surface area contributed by atoms with Gasteiger partial charge in [0.1, 0.15) is 5.69 Å². The number of aromatic nitrogens is 4. The smallest absolute Gasteiger partial charge is 0.228 e. The van der Waals surface area contributed by atoms with E-state index >= 15 is 0 Å². The number of aromatic amines is 1. The van der Waals surface area contributed by atoms with Crippen molar-refractivity contribution in [2.24, 2.45) is 0 Å². The van der Waals surface area contributed by atoms with Crippen LogP contribution in [0.2, 0.25) is 0 Å². The van der Waals surface area contributed by atoms with Crippen LogP contribution < -0.4 is 5.32 Å². The van der Waals surface area contributed by atoms with Crippen molar-refractivity contribution in [3.63, 3.8) is 0 Å². The Bertz CT molecular complexity index is 1040. The Hall–Kier alpha value is -3.48.